The molecular formula is C5H11BiS2. The van der Waals surface area contributed by atoms with Gasteiger partial charge in [0.25, 0.3) is 0 Å². The molecule has 1 rings (SSSR count). The molecule has 8 heavy (non-hydrogen) atoms. The van der Waals surface area contributed by atoms with E-state index in [-0.39, 0.29) is 26.2 Å². The van der Waals surface area contributed by atoms with Crippen LogP contribution >= 0.6 is 23.5 Å². The molecule has 0 aromatic heterocycles. The van der Waals surface area contributed by atoms with Crippen LogP contribution in [0.25, 0.3) is 0 Å². The van der Waals surface area contributed by atoms with Crippen molar-refractivity contribution in [1.29, 1.82) is 0 Å². The summed E-state index contributed by atoms with van der Waals surface area (Å²) in [6.45, 7) is 2.22. The first-order valence-corrected chi connectivity index (χ1v) is 4.28. The van der Waals surface area contributed by atoms with E-state index >= 15 is 0 Å². The fourth-order valence-corrected chi connectivity index (χ4v) is 2.35. The van der Waals surface area contributed by atoms with Crippen molar-refractivity contribution in [3.63, 3.8) is 0 Å². The molecule has 0 spiro atoms. The molecule has 3 heteroatoms. The van der Waals surface area contributed by atoms with Gasteiger partial charge >= 0.3 is 26.2 Å². The van der Waals surface area contributed by atoms with Gasteiger partial charge in [-0.15, -0.1) is 23.5 Å². The van der Waals surface area contributed by atoms with Crippen LogP contribution in [0.3, 0.4) is 0 Å². The zero-order chi connectivity index (χ0) is 5.11. The van der Waals surface area contributed by atoms with Gasteiger partial charge in [-0.2, -0.15) is 0 Å². The Hall–Kier alpha value is 1.32. The molecule has 48 valence electrons. The Morgan fingerprint density at radius 2 is 1.88 bits per heavy atom. The Bertz CT molecular complexity index is 74.5. The van der Waals surface area contributed by atoms with Gasteiger partial charge in [0, 0.05) is 0 Å². The van der Waals surface area contributed by atoms with Gasteiger partial charge in [0.05, 0.1) is 4.58 Å². The fourth-order valence-electron chi connectivity index (χ4n) is 0.464. The summed E-state index contributed by atoms with van der Waals surface area (Å²) in [5.74, 6) is 0. The molecule has 1 aliphatic rings. The molecule has 0 aromatic carbocycles. The average Bonchev–Trinajstić information content (AvgIpc) is 2.14. The summed E-state index contributed by atoms with van der Waals surface area (Å²) in [7, 11) is 0. The van der Waals surface area contributed by atoms with E-state index in [1.165, 1.54) is 6.42 Å². The fraction of sp³-hybridized carbons (Fsp3) is 0.600. The first-order valence-electron chi connectivity index (χ1n) is 2.39. The van der Waals surface area contributed by atoms with Gasteiger partial charge in [0.1, 0.15) is 0 Å². The molecule has 0 aromatic rings. The monoisotopic (exact) mass is 344 g/mol. The maximum atomic E-state index is 2.22. The van der Waals surface area contributed by atoms with Gasteiger partial charge in [0.2, 0.25) is 0 Å². The summed E-state index contributed by atoms with van der Waals surface area (Å²) < 4.78 is 0.819. The predicted molar refractivity (Wildman–Crippen MR) is 48.3 cm³/mol. The first kappa shape index (κ1) is 9.32. The van der Waals surface area contributed by atoms with Crippen LogP contribution in [0.15, 0.2) is 10.8 Å². The zero-order valence-electron chi connectivity index (χ0n) is 4.96. The Kier molecular flexibility index (Phi) is 5.98. The van der Waals surface area contributed by atoms with Crippen LogP contribution in [0.1, 0.15) is 13.3 Å². The third-order valence-electron chi connectivity index (χ3n) is 0.850. The van der Waals surface area contributed by atoms with Gasteiger partial charge in [-0.25, -0.2) is 0 Å². The van der Waals surface area contributed by atoms with E-state index in [4.69, 9.17) is 0 Å². The Morgan fingerprint density at radius 1 is 1.38 bits per heavy atom. The summed E-state index contributed by atoms with van der Waals surface area (Å²) >= 11 is 3.85. The zero-order valence-corrected chi connectivity index (χ0v) is 12.1. The van der Waals surface area contributed by atoms with Gasteiger partial charge in [0.15, 0.2) is 0 Å². The number of hydrogen-bond donors (Lipinski definition) is 0. The second-order valence-corrected chi connectivity index (χ2v) is 3.91. The van der Waals surface area contributed by atoms with Crippen molar-refractivity contribution in [3.05, 3.63) is 10.8 Å². The second-order valence-electron chi connectivity index (χ2n) is 1.38. The van der Waals surface area contributed by atoms with E-state index in [0.717, 1.165) is 4.58 Å². The van der Waals surface area contributed by atoms with Crippen molar-refractivity contribution < 1.29 is 0 Å². The van der Waals surface area contributed by atoms with Crippen LogP contribution in [0, 0.1) is 0 Å². The molecule has 0 amide bonds. The van der Waals surface area contributed by atoms with Gasteiger partial charge in [-0.1, -0.05) is 6.92 Å². The standard InChI is InChI=1S/C5H8S2.Bi.3H/c1-2-5-6-3-4-7-5;;;;/h3-5H,2H2,1H3;;;;. The van der Waals surface area contributed by atoms with Crippen molar-refractivity contribution >= 4 is 49.7 Å². The Labute approximate surface area is 78.0 Å². The van der Waals surface area contributed by atoms with E-state index in [1.54, 1.807) is 0 Å². The van der Waals surface area contributed by atoms with Crippen LogP contribution < -0.4 is 0 Å². The van der Waals surface area contributed by atoms with Crippen molar-refractivity contribution in [2.75, 3.05) is 0 Å². The molecule has 0 atom stereocenters. The van der Waals surface area contributed by atoms with Crippen molar-refractivity contribution in [3.8, 4) is 0 Å². The third kappa shape index (κ3) is 2.75. The molecular weight excluding hydrogens is 333 g/mol. The quantitative estimate of drug-likeness (QED) is 0.661. The predicted octanol–water partition coefficient (Wildman–Crippen LogP) is 1.49. The molecule has 1 aliphatic heterocycles. The Morgan fingerprint density at radius 3 is 2.12 bits per heavy atom. The molecule has 0 nitrogen and oxygen atoms in total. The summed E-state index contributed by atoms with van der Waals surface area (Å²) in [5.41, 5.74) is 0. The van der Waals surface area contributed by atoms with E-state index < -0.39 is 0 Å². The van der Waals surface area contributed by atoms with Crippen LogP contribution in [-0.4, -0.2) is 30.8 Å². The van der Waals surface area contributed by atoms with E-state index in [0.29, 0.717) is 0 Å². The Balaban J connectivity index is 0.000000490. The van der Waals surface area contributed by atoms with E-state index in [1.807, 2.05) is 23.5 Å². The minimum atomic E-state index is 0. The third-order valence-corrected chi connectivity index (χ3v) is 3.55. The molecule has 1 heterocycles. The molecule has 0 N–H and O–H groups in total. The van der Waals surface area contributed by atoms with Gasteiger partial charge in [-0.05, 0) is 17.2 Å². The number of hydrogen-bond acceptors (Lipinski definition) is 2. The molecule has 0 saturated heterocycles. The van der Waals surface area contributed by atoms with Crippen LogP contribution in [0.5, 0.6) is 0 Å². The van der Waals surface area contributed by atoms with Crippen LogP contribution in [-0.2, 0) is 0 Å². The summed E-state index contributed by atoms with van der Waals surface area (Å²) in [6, 6.07) is 0. The van der Waals surface area contributed by atoms with Crippen LogP contribution in [0.4, 0.5) is 0 Å². The van der Waals surface area contributed by atoms with E-state index in [2.05, 4.69) is 17.7 Å². The summed E-state index contributed by atoms with van der Waals surface area (Å²) in [5, 5.41) is 4.33. The molecule has 0 radical (unpaired) electrons. The van der Waals surface area contributed by atoms with Gasteiger partial charge in [-0.3, -0.25) is 0 Å². The molecule has 0 fully saturated rings. The SMILES string of the molecule is CCC1SC=CS1.[BiH3]. The summed E-state index contributed by atoms with van der Waals surface area (Å²) in [4.78, 5) is 0. The molecule has 0 saturated carbocycles. The van der Waals surface area contributed by atoms with Crippen molar-refractivity contribution in [2.24, 2.45) is 0 Å². The maximum absolute atomic E-state index is 2.22. The van der Waals surface area contributed by atoms with Gasteiger partial charge < -0.3 is 0 Å². The van der Waals surface area contributed by atoms with Crippen LogP contribution in [0.2, 0.25) is 0 Å². The van der Waals surface area contributed by atoms with Crippen molar-refractivity contribution in [1.82, 2.24) is 0 Å². The number of rotatable bonds is 1. The first-order chi connectivity index (χ1) is 3.43. The minimum absolute atomic E-state index is 0. The summed E-state index contributed by atoms with van der Waals surface area (Å²) in [6.07, 6.45) is 1.28. The average molecular weight is 344 g/mol. The topological polar surface area (TPSA) is 0 Å². The second kappa shape index (κ2) is 5.14. The molecule has 0 bridgehead atoms. The number of thioether (sulfide) groups is 2. The van der Waals surface area contributed by atoms with Crippen molar-refractivity contribution in [2.45, 2.75) is 17.9 Å². The molecule has 0 aliphatic carbocycles. The normalized spacial score (nSPS) is 18.6. The van der Waals surface area contributed by atoms with E-state index in [9.17, 15) is 0 Å². The molecule has 0 unspecified atom stereocenters.